The first-order valence-electron chi connectivity index (χ1n) is 23.4. The van der Waals surface area contributed by atoms with Crippen LogP contribution in [0, 0.1) is 0 Å². The Morgan fingerprint density at radius 2 is 0.676 bits per heavy atom. The molecule has 0 saturated heterocycles. The van der Waals surface area contributed by atoms with Crippen molar-refractivity contribution < 1.29 is 0 Å². The highest BCUT2D eigenvalue weighted by molar-refractivity contribution is 6.19. The molecule has 1 heterocycles. The third-order valence-electron chi connectivity index (χ3n) is 13.7. The van der Waals surface area contributed by atoms with Gasteiger partial charge in [-0.15, -0.1) is 0 Å². The minimum absolute atomic E-state index is 1.08. The number of hydrogen-bond donors (Lipinski definition) is 0. The minimum atomic E-state index is 1.08. The fourth-order valence-electron chi connectivity index (χ4n) is 10.4. The van der Waals surface area contributed by atoms with Crippen molar-refractivity contribution >= 4 is 71.2 Å². The topological polar surface area (TPSA) is 8.17 Å². The number of rotatable bonds is 8. The van der Waals surface area contributed by atoms with E-state index in [2.05, 4.69) is 276 Å². The Morgan fingerprint density at radius 1 is 0.250 bits per heavy atom. The fourth-order valence-corrected chi connectivity index (χ4v) is 10.4. The number of para-hydroxylation sites is 1. The van der Waals surface area contributed by atoms with Gasteiger partial charge in [-0.2, -0.15) is 0 Å². The molecule has 0 aliphatic rings. The number of anilines is 3. The van der Waals surface area contributed by atoms with E-state index in [1.807, 2.05) is 0 Å². The summed E-state index contributed by atoms with van der Waals surface area (Å²) in [6, 6.07) is 97.5. The van der Waals surface area contributed by atoms with Crippen molar-refractivity contribution in [1.29, 1.82) is 0 Å². The van der Waals surface area contributed by atoms with Gasteiger partial charge in [-0.05, 0) is 144 Å². The largest absolute Gasteiger partial charge is 0.311 e. The molecule has 13 aromatic rings. The zero-order valence-corrected chi connectivity index (χ0v) is 37.3. The predicted molar refractivity (Wildman–Crippen MR) is 290 cm³/mol. The summed E-state index contributed by atoms with van der Waals surface area (Å²) < 4.78 is 2.44. The molecular weight excluding hydrogens is 821 g/mol. The van der Waals surface area contributed by atoms with E-state index in [4.69, 9.17) is 0 Å². The van der Waals surface area contributed by atoms with E-state index < -0.39 is 0 Å². The molecule has 0 fully saturated rings. The van der Waals surface area contributed by atoms with Gasteiger partial charge >= 0.3 is 0 Å². The van der Waals surface area contributed by atoms with Crippen LogP contribution in [0.4, 0.5) is 17.1 Å². The quantitative estimate of drug-likeness (QED) is 0.148. The second-order valence-electron chi connectivity index (χ2n) is 17.7. The van der Waals surface area contributed by atoms with Crippen molar-refractivity contribution in [2.75, 3.05) is 4.90 Å². The lowest BCUT2D eigenvalue weighted by Gasteiger charge is -2.26. The normalized spacial score (nSPS) is 11.5. The van der Waals surface area contributed by atoms with Gasteiger partial charge in [-0.25, -0.2) is 0 Å². The molecular formula is C66H44N2. The molecule has 0 saturated carbocycles. The summed E-state index contributed by atoms with van der Waals surface area (Å²) >= 11 is 0. The summed E-state index contributed by atoms with van der Waals surface area (Å²) in [5, 5.41) is 9.96. The highest BCUT2D eigenvalue weighted by Crippen LogP contribution is 2.42. The Hall–Kier alpha value is -8.98. The maximum absolute atomic E-state index is 2.44. The van der Waals surface area contributed by atoms with Gasteiger partial charge in [0, 0.05) is 38.9 Å². The molecule has 2 nitrogen and oxygen atoms in total. The van der Waals surface area contributed by atoms with E-state index in [-0.39, 0.29) is 0 Å². The second-order valence-corrected chi connectivity index (χ2v) is 17.7. The molecule has 0 spiro atoms. The molecule has 0 N–H and O–H groups in total. The maximum Gasteiger partial charge on any atom is 0.0619 e. The van der Waals surface area contributed by atoms with Gasteiger partial charge in [0.05, 0.1) is 11.0 Å². The lowest BCUT2D eigenvalue weighted by molar-refractivity contribution is 1.19. The summed E-state index contributed by atoms with van der Waals surface area (Å²) in [7, 11) is 0. The molecule has 0 aliphatic heterocycles. The molecule has 0 bridgehead atoms. The molecule has 2 heteroatoms. The van der Waals surface area contributed by atoms with Gasteiger partial charge in [0.25, 0.3) is 0 Å². The second kappa shape index (κ2) is 16.5. The summed E-state index contributed by atoms with van der Waals surface area (Å²) in [4.78, 5) is 2.37. The van der Waals surface area contributed by atoms with Crippen LogP contribution < -0.4 is 4.90 Å². The highest BCUT2D eigenvalue weighted by atomic mass is 15.1. The average Bonchev–Trinajstić information content (AvgIpc) is 3.76. The van der Waals surface area contributed by atoms with Crippen LogP contribution in [0.1, 0.15) is 0 Å². The molecule has 0 aliphatic carbocycles. The average molecular weight is 865 g/mol. The Bertz CT molecular complexity index is 3980. The molecule has 1 aromatic heterocycles. The molecule has 68 heavy (non-hydrogen) atoms. The van der Waals surface area contributed by atoms with E-state index in [9.17, 15) is 0 Å². The molecule has 318 valence electrons. The molecule has 0 radical (unpaired) electrons. The molecule has 0 atom stereocenters. The highest BCUT2D eigenvalue weighted by Gasteiger charge is 2.18. The van der Waals surface area contributed by atoms with Gasteiger partial charge in [-0.3, -0.25) is 0 Å². The zero-order chi connectivity index (χ0) is 45.0. The van der Waals surface area contributed by atoms with E-state index in [0.717, 1.165) is 28.3 Å². The number of hydrogen-bond acceptors (Lipinski definition) is 1. The first-order valence-corrected chi connectivity index (χ1v) is 23.4. The zero-order valence-electron chi connectivity index (χ0n) is 37.3. The van der Waals surface area contributed by atoms with E-state index in [1.54, 1.807) is 0 Å². The molecule has 0 unspecified atom stereocenters. The number of fused-ring (bicyclic) bond motifs is 7. The van der Waals surface area contributed by atoms with Crippen molar-refractivity contribution in [2.24, 2.45) is 0 Å². The van der Waals surface area contributed by atoms with Gasteiger partial charge in [0.15, 0.2) is 0 Å². The van der Waals surface area contributed by atoms with Crippen LogP contribution in [0.15, 0.2) is 267 Å². The van der Waals surface area contributed by atoms with Gasteiger partial charge in [0.1, 0.15) is 0 Å². The summed E-state index contributed by atoms with van der Waals surface area (Å²) in [6.07, 6.45) is 0. The predicted octanol–water partition coefficient (Wildman–Crippen LogP) is 18.4. The Kier molecular flexibility index (Phi) is 9.54. The van der Waals surface area contributed by atoms with Crippen LogP contribution in [0.25, 0.3) is 104 Å². The summed E-state index contributed by atoms with van der Waals surface area (Å²) in [5.74, 6) is 0. The Labute approximate surface area is 395 Å². The summed E-state index contributed by atoms with van der Waals surface area (Å²) in [5.41, 5.74) is 16.4. The van der Waals surface area contributed by atoms with Crippen molar-refractivity contribution in [3.05, 3.63) is 267 Å². The Balaban J connectivity index is 0.913. The number of benzene rings is 12. The van der Waals surface area contributed by atoms with Crippen LogP contribution in [0.5, 0.6) is 0 Å². The molecule has 0 amide bonds. The van der Waals surface area contributed by atoms with Crippen LogP contribution in [-0.4, -0.2) is 4.57 Å². The third-order valence-corrected chi connectivity index (χ3v) is 13.7. The minimum Gasteiger partial charge on any atom is -0.311 e. The number of nitrogens with zero attached hydrogens (tertiary/aromatic N) is 2. The lowest BCUT2D eigenvalue weighted by Crippen LogP contribution is -2.09. The van der Waals surface area contributed by atoms with E-state index in [0.29, 0.717) is 0 Å². The number of aromatic nitrogens is 1. The monoisotopic (exact) mass is 864 g/mol. The van der Waals surface area contributed by atoms with Gasteiger partial charge < -0.3 is 9.47 Å². The Morgan fingerprint density at radius 3 is 1.29 bits per heavy atom. The maximum atomic E-state index is 2.44. The van der Waals surface area contributed by atoms with Crippen molar-refractivity contribution in [3.63, 3.8) is 0 Å². The smallest absolute Gasteiger partial charge is 0.0619 e. The van der Waals surface area contributed by atoms with E-state index in [1.165, 1.54) is 93.1 Å². The van der Waals surface area contributed by atoms with Crippen LogP contribution in [0.2, 0.25) is 0 Å². The van der Waals surface area contributed by atoms with Crippen molar-refractivity contribution in [1.82, 2.24) is 4.57 Å². The van der Waals surface area contributed by atoms with Gasteiger partial charge in [0.2, 0.25) is 0 Å². The molecule has 12 aromatic carbocycles. The summed E-state index contributed by atoms with van der Waals surface area (Å²) in [6.45, 7) is 0. The lowest BCUT2D eigenvalue weighted by atomic mass is 9.91. The van der Waals surface area contributed by atoms with Gasteiger partial charge in [-0.1, -0.05) is 194 Å². The SMILES string of the molecule is c1ccc(-c2cc3ccccc3cc2-c2ccc(N(c3ccc(-c4ccc5ccccc5c4)cc3)c3ccc(-c4ccc5c6ccc7ccccc7c6n(-c6ccccc6)c5c4)cc3)cc2)cc1. The standard InChI is InChI=1S/C66H44N2/c1-3-14-48(15-4-1)63-42-52-18-9-10-19-53(52)43-64(63)50-29-37-59(38-30-50)67(57-33-25-46(26-34-57)54-24-23-45-13-7-8-17-51(45)41-54)58-35-27-47(28-36-58)55-32-39-61-62-40-31-49-16-11-12-22-60(49)66(62)68(65(61)44-55)56-20-5-2-6-21-56/h1-44H. The fraction of sp³-hybridized carbons (Fsp3) is 0. The van der Waals surface area contributed by atoms with Crippen molar-refractivity contribution in [2.45, 2.75) is 0 Å². The van der Waals surface area contributed by atoms with Crippen LogP contribution in [0.3, 0.4) is 0 Å². The van der Waals surface area contributed by atoms with Crippen LogP contribution >= 0.6 is 0 Å². The van der Waals surface area contributed by atoms with Crippen molar-refractivity contribution in [3.8, 4) is 50.2 Å². The third kappa shape index (κ3) is 6.90. The van der Waals surface area contributed by atoms with Crippen LogP contribution in [-0.2, 0) is 0 Å². The first kappa shape index (κ1) is 39.4. The van der Waals surface area contributed by atoms with E-state index >= 15 is 0 Å². The molecule has 13 rings (SSSR count). The first-order chi connectivity index (χ1) is 33.7.